The summed E-state index contributed by atoms with van der Waals surface area (Å²) in [5, 5.41) is 17.1. The number of hydrogen-bond acceptors (Lipinski definition) is 8. The average molecular weight is 656 g/mol. The van der Waals surface area contributed by atoms with Gasteiger partial charge in [-0.3, -0.25) is 9.48 Å². The van der Waals surface area contributed by atoms with Crippen molar-refractivity contribution in [3.05, 3.63) is 82.6 Å². The number of primary amides is 1. The van der Waals surface area contributed by atoms with E-state index < -0.39 is 17.5 Å². The van der Waals surface area contributed by atoms with Crippen molar-refractivity contribution >= 4 is 50.1 Å². The van der Waals surface area contributed by atoms with Crippen LogP contribution in [-0.4, -0.2) is 60.5 Å². The predicted octanol–water partition coefficient (Wildman–Crippen LogP) is 6.54. The van der Waals surface area contributed by atoms with E-state index in [1.165, 1.54) is 17.4 Å². The molecule has 1 aliphatic heterocycles. The van der Waals surface area contributed by atoms with Crippen molar-refractivity contribution in [2.75, 3.05) is 25.5 Å². The van der Waals surface area contributed by atoms with Gasteiger partial charge < -0.3 is 16.0 Å². The molecular formula is C34H35F2N9OS. The zero-order chi connectivity index (χ0) is 32.8. The maximum atomic E-state index is 13.9. The molecule has 13 heteroatoms. The molecule has 5 heterocycles. The maximum absolute atomic E-state index is 13.9. The second-order valence-corrected chi connectivity index (χ2v) is 13.5. The molecule has 0 radical (unpaired) electrons. The van der Waals surface area contributed by atoms with Gasteiger partial charge in [-0.1, -0.05) is 26.0 Å². The van der Waals surface area contributed by atoms with Crippen LogP contribution < -0.4 is 11.1 Å². The van der Waals surface area contributed by atoms with Gasteiger partial charge in [0, 0.05) is 22.5 Å². The molecule has 6 aromatic rings. The molecule has 3 N–H and O–H groups in total. The molecule has 47 heavy (non-hydrogen) atoms. The van der Waals surface area contributed by atoms with Crippen LogP contribution in [0.4, 0.5) is 19.7 Å². The normalized spacial score (nSPS) is 14.5. The summed E-state index contributed by atoms with van der Waals surface area (Å²) in [5.74, 6) is -1.58. The summed E-state index contributed by atoms with van der Waals surface area (Å²) >= 11 is 1.46. The van der Waals surface area contributed by atoms with Gasteiger partial charge >= 0.3 is 0 Å². The Kier molecular flexibility index (Phi) is 8.18. The number of nitrogens with one attached hydrogen (secondary N) is 1. The number of nitrogens with two attached hydrogens (primary N) is 1. The number of hydrogen-bond donors (Lipinski definition) is 2. The van der Waals surface area contributed by atoms with Crippen LogP contribution in [0.15, 0.2) is 54.2 Å². The number of benzene rings is 2. The molecule has 1 amide bonds. The smallest absolute Gasteiger partial charge is 0.251 e. The van der Waals surface area contributed by atoms with Crippen LogP contribution in [0.5, 0.6) is 0 Å². The van der Waals surface area contributed by atoms with E-state index in [1.807, 2.05) is 28.3 Å². The number of nitrogens with zero attached hydrogens (tertiary/aromatic N) is 7. The van der Waals surface area contributed by atoms with E-state index in [-0.39, 0.29) is 18.5 Å². The molecule has 1 aliphatic rings. The number of thiazole rings is 1. The Hall–Kier alpha value is -4.75. The highest BCUT2D eigenvalue weighted by Gasteiger charge is 2.30. The standard InChI is InChI=1S/C34H35F2N9OS/c1-19(2)14-26-29(31(37)46)28(21-5-7-27-22(16-21)17-39-44(27)18-20-4-6-24(35)25(36)15-20)30-32(41-34-38-10-13-47-34)42-45(33(30)40-26)23-8-11-43(3)12-9-23/h4-7,10,13,15-17,19,23H,8-9,11-12,14,18H2,1-3H3,(H2,37,46)(H,38,41,42). The third-order valence-electron chi connectivity index (χ3n) is 8.70. The largest absolute Gasteiger partial charge is 0.366 e. The van der Waals surface area contributed by atoms with Crippen molar-refractivity contribution < 1.29 is 13.6 Å². The second-order valence-electron chi connectivity index (χ2n) is 12.6. The molecule has 2 aromatic carbocycles. The van der Waals surface area contributed by atoms with Crippen molar-refractivity contribution in [2.45, 2.75) is 45.7 Å². The Morgan fingerprint density at radius 3 is 2.64 bits per heavy atom. The third-order valence-corrected chi connectivity index (χ3v) is 9.39. The SMILES string of the molecule is CC(C)Cc1nc2c(c(Nc3nccs3)nn2C2CCN(C)CC2)c(-c2ccc3c(cnn3Cc3ccc(F)c(F)c3)c2)c1C(N)=O. The van der Waals surface area contributed by atoms with Crippen molar-refractivity contribution in [1.82, 2.24) is 34.4 Å². The fraction of sp³-hybridized carbons (Fsp3) is 0.324. The summed E-state index contributed by atoms with van der Waals surface area (Å²) in [6.45, 7) is 6.33. The van der Waals surface area contributed by atoms with Gasteiger partial charge in [0.05, 0.1) is 40.9 Å². The van der Waals surface area contributed by atoms with Gasteiger partial charge in [0.15, 0.2) is 28.2 Å². The predicted molar refractivity (Wildman–Crippen MR) is 180 cm³/mol. The first kappa shape index (κ1) is 30.9. The van der Waals surface area contributed by atoms with Crippen molar-refractivity contribution in [3.63, 3.8) is 0 Å². The number of likely N-dealkylation sites (tertiary alicyclic amines) is 1. The van der Waals surface area contributed by atoms with Crippen LogP contribution in [0.25, 0.3) is 33.1 Å². The van der Waals surface area contributed by atoms with Gasteiger partial charge in [0.2, 0.25) is 0 Å². The Bertz CT molecular complexity index is 2100. The molecule has 0 atom stereocenters. The number of fused-ring (bicyclic) bond motifs is 2. The summed E-state index contributed by atoms with van der Waals surface area (Å²) in [6.07, 6.45) is 5.85. The molecule has 10 nitrogen and oxygen atoms in total. The summed E-state index contributed by atoms with van der Waals surface area (Å²) in [7, 11) is 2.12. The van der Waals surface area contributed by atoms with E-state index in [9.17, 15) is 13.6 Å². The maximum Gasteiger partial charge on any atom is 0.251 e. The van der Waals surface area contributed by atoms with Crippen molar-refractivity contribution in [1.29, 1.82) is 0 Å². The van der Waals surface area contributed by atoms with Crippen molar-refractivity contribution in [3.8, 4) is 11.1 Å². The molecule has 1 fully saturated rings. The van der Waals surface area contributed by atoms with Gasteiger partial charge in [-0.15, -0.1) is 11.3 Å². The topological polar surface area (TPSA) is 120 Å². The number of carbonyl (C=O) groups excluding carboxylic acids is 1. The van der Waals surface area contributed by atoms with Crippen LogP contribution in [0.3, 0.4) is 0 Å². The molecule has 7 rings (SSSR count). The fourth-order valence-electron chi connectivity index (χ4n) is 6.45. The quantitative estimate of drug-likeness (QED) is 0.182. The number of anilines is 2. The van der Waals surface area contributed by atoms with E-state index in [2.05, 4.69) is 41.2 Å². The second kappa shape index (κ2) is 12.5. The summed E-state index contributed by atoms with van der Waals surface area (Å²) in [4.78, 5) is 25.3. The molecule has 242 valence electrons. The number of aromatic nitrogens is 6. The van der Waals surface area contributed by atoms with Gasteiger partial charge in [0.25, 0.3) is 5.91 Å². The number of amides is 1. The minimum atomic E-state index is -0.901. The number of piperidine rings is 1. The van der Waals surface area contributed by atoms with E-state index >= 15 is 0 Å². The minimum absolute atomic E-state index is 0.129. The minimum Gasteiger partial charge on any atom is -0.366 e. The molecule has 4 aromatic heterocycles. The lowest BCUT2D eigenvalue weighted by molar-refractivity contribution is 0.0999. The van der Waals surface area contributed by atoms with Crippen LogP contribution in [0.1, 0.15) is 54.3 Å². The summed E-state index contributed by atoms with van der Waals surface area (Å²) in [6, 6.07) is 9.81. The first-order valence-corrected chi connectivity index (χ1v) is 16.5. The highest BCUT2D eigenvalue weighted by molar-refractivity contribution is 7.13. The summed E-state index contributed by atoms with van der Waals surface area (Å²) in [5.41, 5.74) is 10.7. The van der Waals surface area contributed by atoms with Gasteiger partial charge in [-0.25, -0.2) is 23.4 Å². The lowest BCUT2D eigenvalue weighted by Crippen LogP contribution is -2.32. The fourth-order valence-corrected chi connectivity index (χ4v) is 6.98. The molecule has 0 aliphatic carbocycles. The zero-order valence-electron chi connectivity index (χ0n) is 26.4. The van der Waals surface area contributed by atoms with E-state index in [0.717, 1.165) is 48.5 Å². The molecule has 0 bridgehead atoms. The monoisotopic (exact) mass is 655 g/mol. The zero-order valence-corrected chi connectivity index (χ0v) is 27.2. The molecule has 0 saturated carbocycles. The van der Waals surface area contributed by atoms with E-state index in [4.69, 9.17) is 15.8 Å². The Labute approximate surface area is 274 Å². The lowest BCUT2D eigenvalue weighted by atomic mass is 9.91. The van der Waals surface area contributed by atoms with E-state index in [1.54, 1.807) is 23.1 Å². The first-order valence-electron chi connectivity index (χ1n) is 15.7. The Morgan fingerprint density at radius 2 is 1.94 bits per heavy atom. The Morgan fingerprint density at radius 1 is 1.13 bits per heavy atom. The number of carbonyl (C=O) groups is 1. The van der Waals surface area contributed by atoms with Crippen LogP contribution in [0, 0.1) is 17.6 Å². The number of pyridine rings is 1. The Balaban J connectivity index is 1.44. The lowest BCUT2D eigenvalue weighted by Gasteiger charge is -2.29. The van der Waals surface area contributed by atoms with Gasteiger partial charge in [0.1, 0.15) is 0 Å². The molecular weight excluding hydrogens is 620 g/mol. The molecule has 1 saturated heterocycles. The highest BCUT2D eigenvalue weighted by atomic mass is 32.1. The third kappa shape index (κ3) is 5.96. The van der Waals surface area contributed by atoms with Crippen LogP contribution in [-0.2, 0) is 13.0 Å². The first-order chi connectivity index (χ1) is 22.7. The van der Waals surface area contributed by atoms with Gasteiger partial charge in [-0.05, 0) is 80.7 Å². The number of rotatable bonds is 9. The average Bonchev–Trinajstić information content (AvgIpc) is 3.78. The van der Waals surface area contributed by atoms with Crippen LogP contribution >= 0.6 is 11.3 Å². The van der Waals surface area contributed by atoms with Crippen LogP contribution in [0.2, 0.25) is 0 Å². The number of halogens is 2. The molecule has 0 unspecified atom stereocenters. The van der Waals surface area contributed by atoms with Gasteiger partial charge in [-0.2, -0.15) is 10.2 Å². The molecule has 0 spiro atoms. The van der Waals surface area contributed by atoms with E-state index in [0.29, 0.717) is 50.8 Å². The van der Waals surface area contributed by atoms with Crippen molar-refractivity contribution in [2.24, 2.45) is 11.7 Å². The highest BCUT2D eigenvalue weighted by Crippen LogP contribution is 2.41. The summed E-state index contributed by atoms with van der Waals surface area (Å²) < 4.78 is 31.2.